The van der Waals surface area contributed by atoms with E-state index in [0.717, 1.165) is 19.4 Å². The summed E-state index contributed by atoms with van der Waals surface area (Å²) < 4.78 is 4.87. The van der Waals surface area contributed by atoms with Crippen molar-refractivity contribution in [1.82, 2.24) is 10.6 Å². The van der Waals surface area contributed by atoms with Gasteiger partial charge in [0.05, 0.1) is 11.8 Å². The fourth-order valence-electron chi connectivity index (χ4n) is 1.93. The van der Waals surface area contributed by atoms with Crippen molar-refractivity contribution in [1.29, 1.82) is 0 Å². The van der Waals surface area contributed by atoms with Crippen LogP contribution in [0.4, 0.5) is 0 Å². The Morgan fingerprint density at radius 2 is 2.53 bits per heavy atom. The molecule has 2 N–H and O–H groups in total. The smallest absolute Gasteiger partial charge is 0.254 e. The minimum absolute atomic E-state index is 0.0390. The highest BCUT2D eigenvalue weighted by Gasteiger charge is 2.20. The maximum atomic E-state index is 11.7. The van der Waals surface area contributed by atoms with Crippen molar-refractivity contribution in [2.75, 3.05) is 6.54 Å². The average molecular weight is 208 g/mol. The number of rotatable bonds is 2. The van der Waals surface area contributed by atoms with Crippen molar-refractivity contribution in [2.24, 2.45) is 0 Å². The third-order valence-corrected chi connectivity index (χ3v) is 2.74. The molecule has 0 bridgehead atoms. The first-order valence-corrected chi connectivity index (χ1v) is 5.32. The van der Waals surface area contributed by atoms with Crippen LogP contribution in [0.25, 0.3) is 0 Å². The van der Waals surface area contributed by atoms with Crippen LogP contribution in [0.3, 0.4) is 0 Å². The maximum absolute atomic E-state index is 11.7. The molecule has 82 valence electrons. The topological polar surface area (TPSA) is 54.3 Å². The van der Waals surface area contributed by atoms with Crippen LogP contribution in [-0.2, 0) is 0 Å². The number of furan rings is 1. The van der Waals surface area contributed by atoms with Crippen LogP contribution in [0.5, 0.6) is 0 Å². The van der Waals surface area contributed by atoms with Gasteiger partial charge >= 0.3 is 0 Å². The van der Waals surface area contributed by atoms with Gasteiger partial charge < -0.3 is 15.1 Å². The number of hydrogen-bond donors (Lipinski definition) is 2. The van der Waals surface area contributed by atoms with Gasteiger partial charge in [0, 0.05) is 12.1 Å². The zero-order chi connectivity index (χ0) is 10.7. The molecule has 0 saturated carbocycles. The van der Waals surface area contributed by atoms with Crippen molar-refractivity contribution >= 4 is 5.91 Å². The summed E-state index contributed by atoms with van der Waals surface area (Å²) in [4.78, 5) is 11.7. The van der Waals surface area contributed by atoms with E-state index in [1.807, 2.05) is 0 Å². The molecule has 2 unspecified atom stereocenters. The van der Waals surface area contributed by atoms with E-state index in [-0.39, 0.29) is 11.9 Å². The highest BCUT2D eigenvalue weighted by molar-refractivity contribution is 5.93. The predicted octanol–water partition coefficient (Wildman–Crippen LogP) is 1.15. The normalized spacial score (nSPS) is 26.2. The Kier molecular flexibility index (Phi) is 3.06. The lowest BCUT2D eigenvalue weighted by atomic mass is 10.0. The van der Waals surface area contributed by atoms with E-state index in [4.69, 9.17) is 4.42 Å². The Morgan fingerprint density at radius 3 is 3.20 bits per heavy atom. The van der Waals surface area contributed by atoms with Crippen LogP contribution in [0.15, 0.2) is 23.0 Å². The van der Waals surface area contributed by atoms with E-state index < -0.39 is 0 Å². The molecular formula is C11H16N2O2. The summed E-state index contributed by atoms with van der Waals surface area (Å²) in [6, 6.07) is 2.44. The number of nitrogens with one attached hydrogen (secondary N) is 2. The number of amides is 1. The molecule has 2 atom stereocenters. The second kappa shape index (κ2) is 4.49. The van der Waals surface area contributed by atoms with Crippen LogP contribution < -0.4 is 10.6 Å². The summed E-state index contributed by atoms with van der Waals surface area (Å²) in [5.74, 6) is -0.0390. The molecule has 1 aromatic heterocycles. The molecule has 0 aromatic carbocycles. The zero-order valence-electron chi connectivity index (χ0n) is 8.82. The van der Waals surface area contributed by atoms with E-state index in [2.05, 4.69) is 17.6 Å². The van der Waals surface area contributed by atoms with Gasteiger partial charge in [0.1, 0.15) is 6.26 Å². The average Bonchev–Trinajstić information content (AvgIpc) is 2.70. The van der Waals surface area contributed by atoms with Gasteiger partial charge in [0.15, 0.2) is 0 Å². The molecule has 0 aliphatic carbocycles. The number of carbonyl (C=O) groups excluding carboxylic acids is 1. The molecule has 0 spiro atoms. The molecule has 4 nitrogen and oxygen atoms in total. The summed E-state index contributed by atoms with van der Waals surface area (Å²) in [5, 5.41) is 6.36. The van der Waals surface area contributed by atoms with Crippen molar-refractivity contribution in [3.05, 3.63) is 24.2 Å². The minimum Gasteiger partial charge on any atom is -0.472 e. The van der Waals surface area contributed by atoms with E-state index in [1.165, 1.54) is 12.5 Å². The molecule has 2 rings (SSSR count). The monoisotopic (exact) mass is 208 g/mol. The molecule has 1 aliphatic rings. The number of carbonyl (C=O) groups is 1. The Bertz CT molecular complexity index is 321. The molecule has 2 heterocycles. The van der Waals surface area contributed by atoms with Crippen molar-refractivity contribution in [3.8, 4) is 0 Å². The fraction of sp³-hybridized carbons (Fsp3) is 0.545. The third kappa shape index (κ3) is 2.59. The molecule has 1 fully saturated rings. The third-order valence-electron chi connectivity index (χ3n) is 2.74. The SMILES string of the molecule is CC1CC(NC(=O)c2ccoc2)CCN1. The molecule has 4 heteroatoms. The standard InChI is InChI=1S/C11H16N2O2/c1-8-6-10(2-4-12-8)13-11(14)9-3-5-15-7-9/h3,5,7-8,10,12H,2,4,6H2,1H3,(H,13,14). The van der Waals surface area contributed by atoms with Gasteiger partial charge in [0.2, 0.25) is 0 Å². The lowest BCUT2D eigenvalue weighted by molar-refractivity contribution is 0.0925. The van der Waals surface area contributed by atoms with Crippen LogP contribution >= 0.6 is 0 Å². The van der Waals surface area contributed by atoms with Gasteiger partial charge in [-0.1, -0.05) is 0 Å². The van der Waals surface area contributed by atoms with Gasteiger partial charge in [-0.15, -0.1) is 0 Å². The van der Waals surface area contributed by atoms with Gasteiger partial charge in [-0.3, -0.25) is 4.79 Å². The number of piperidine rings is 1. The molecular weight excluding hydrogens is 192 g/mol. The van der Waals surface area contributed by atoms with E-state index in [1.54, 1.807) is 6.07 Å². The minimum atomic E-state index is -0.0390. The predicted molar refractivity (Wildman–Crippen MR) is 56.7 cm³/mol. The van der Waals surface area contributed by atoms with Gasteiger partial charge in [0.25, 0.3) is 5.91 Å². The summed E-state index contributed by atoms with van der Waals surface area (Å²) in [5.41, 5.74) is 0.598. The van der Waals surface area contributed by atoms with Gasteiger partial charge in [-0.25, -0.2) is 0 Å². The zero-order valence-corrected chi connectivity index (χ0v) is 8.82. The highest BCUT2D eigenvalue weighted by atomic mass is 16.3. The van der Waals surface area contributed by atoms with Gasteiger partial charge in [-0.2, -0.15) is 0 Å². The second-order valence-electron chi connectivity index (χ2n) is 4.06. The van der Waals surface area contributed by atoms with E-state index >= 15 is 0 Å². The van der Waals surface area contributed by atoms with E-state index in [0.29, 0.717) is 11.6 Å². The van der Waals surface area contributed by atoms with E-state index in [9.17, 15) is 4.79 Å². The molecule has 15 heavy (non-hydrogen) atoms. The van der Waals surface area contributed by atoms with Crippen molar-refractivity contribution < 1.29 is 9.21 Å². The second-order valence-corrected chi connectivity index (χ2v) is 4.06. The highest BCUT2D eigenvalue weighted by Crippen LogP contribution is 2.09. The summed E-state index contributed by atoms with van der Waals surface area (Å²) in [7, 11) is 0. The van der Waals surface area contributed by atoms with Crippen molar-refractivity contribution in [2.45, 2.75) is 31.8 Å². The summed E-state index contributed by atoms with van der Waals surface area (Å²) in [6.07, 6.45) is 4.97. The van der Waals surface area contributed by atoms with Crippen LogP contribution in [0, 0.1) is 0 Å². The first-order chi connectivity index (χ1) is 7.25. The van der Waals surface area contributed by atoms with Crippen LogP contribution in [-0.4, -0.2) is 24.5 Å². The Labute approximate surface area is 89.0 Å². The molecule has 0 radical (unpaired) electrons. The Balaban J connectivity index is 1.89. The largest absolute Gasteiger partial charge is 0.472 e. The van der Waals surface area contributed by atoms with Crippen molar-refractivity contribution in [3.63, 3.8) is 0 Å². The molecule has 1 aromatic rings. The maximum Gasteiger partial charge on any atom is 0.254 e. The lowest BCUT2D eigenvalue weighted by Crippen LogP contribution is -2.46. The summed E-state index contributed by atoms with van der Waals surface area (Å²) >= 11 is 0. The van der Waals surface area contributed by atoms with Crippen LogP contribution in [0.1, 0.15) is 30.1 Å². The molecule has 1 aliphatic heterocycles. The Morgan fingerprint density at radius 1 is 1.67 bits per heavy atom. The summed E-state index contributed by atoms with van der Waals surface area (Å²) in [6.45, 7) is 3.10. The molecule has 1 saturated heterocycles. The molecule has 1 amide bonds. The number of hydrogen-bond acceptors (Lipinski definition) is 3. The van der Waals surface area contributed by atoms with Gasteiger partial charge in [-0.05, 0) is 32.4 Å². The lowest BCUT2D eigenvalue weighted by Gasteiger charge is -2.28. The Hall–Kier alpha value is -1.29. The fourth-order valence-corrected chi connectivity index (χ4v) is 1.93. The first-order valence-electron chi connectivity index (χ1n) is 5.32. The van der Waals surface area contributed by atoms with Crippen LogP contribution in [0.2, 0.25) is 0 Å². The first kappa shape index (κ1) is 10.2. The quantitative estimate of drug-likeness (QED) is 0.766.